The Kier molecular flexibility index (Phi) is 3.46. The average Bonchev–Trinajstić information content (AvgIpc) is 2.97. The van der Waals surface area contributed by atoms with Gasteiger partial charge in [-0.25, -0.2) is 4.98 Å². The number of nitrogens with two attached hydrogens (primary N) is 1. The van der Waals surface area contributed by atoms with Gasteiger partial charge in [0.1, 0.15) is 11.9 Å². The van der Waals surface area contributed by atoms with Gasteiger partial charge in [0.15, 0.2) is 0 Å². The minimum Gasteiger partial charge on any atom is -0.399 e. The van der Waals surface area contributed by atoms with E-state index < -0.39 is 0 Å². The summed E-state index contributed by atoms with van der Waals surface area (Å²) in [5.41, 5.74) is 8.73. The van der Waals surface area contributed by atoms with Crippen LogP contribution in [0.5, 0.6) is 0 Å². The van der Waals surface area contributed by atoms with Gasteiger partial charge in [-0.3, -0.25) is 4.57 Å². The zero-order valence-electron chi connectivity index (χ0n) is 11.0. The maximum absolute atomic E-state index is 9.37. The van der Waals surface area contributed by atoms with E-state index in [0.29, 0.717) is 11.3 Å². The maximum Gasteiger partial charge on any atom is 0.144 e. The fraction of sp³-hybridized carbons (Fsp3) is 0. The number of hydrogen-bond acceptors (Lipinski definition) is 3. The smallest absolute Gasteiger partial charge is 0.144 e. The third kappa shape index (κ3) is 2.41. The molecular formula is C16H11BrN4. The molecule has 0 fully saturated rings. The molecule has 0 saturated carbocycles. The quantitative estimate of drug-likeness (QED) is 0.723. The molecule has 3 rings (SSSR count). The van der Waals surface area contributed by atoms with E-state index in [1.165, 1.54) is 0 Å². The zero-order valence-corrected chi connectivity index (χ0v) is 12.6. The molecule has 2 N–H and O–H groups in total. The zero-order chi connectivity index (χ0) is 14.8. The monoisotopic (exact) mass is 338 g/mol. The summed E-state index contributed by atoms with van der Waals surface area (Å²) in [7, 11) is 0. The van der Waals surface area contributed by atoms with Gasteiger partial charge in [0.2, 0.25) is 0 Å². The Balaban J connectivity index is 2.19. The molecule has 0 spiro atoms. The lowest BCUT2D eigenvalue weighted by atomic mass is 10.1. The van der Waals surface area contributed by atoms with Gasteiger partial charge in [0, 0.05) is 28.1 Å². The summed E-state index contributed by atoms with van der Waals surface area (Å²) in [6.45, 7) is 0. The van der Waals surface area contributed by atoms with Crippen molar-refractivity contribution in [1.82, 2.24) is 9.55 Å². The van der Waals surface area contributed by atoms with Gasteiger partial charge in [-0.2, -0.15) is 5.26 Å². The van der Waals surface area contributed by atoms with Crippen LogP contribution in [0.1, 0.15) is 5.56 Å². The van der Waals surface area contributed by atoms with E-state index in [0.717, 1.165) is 21.5 Å². The lowest BCUT2D eigenvalue weighted by molar-refractivity contribution is 1.06. The first-order chi connectivity index (χ1) is 10.2. The Labute approximate surface area is 130 Å². The molecule has 0 aliphatic rings. The molecule has 1 aromatic heterocycles. The SMILES string of the molecule is N#Cc1c(Br)cccc1-n1ccnc1-c1ccc(N)cc1. The van der Waals surface area contributed by atoms with Crippen LogP contribution in [-0.2, 0) is 0 Å². The summed E-state index contributed by atoms with van der Waals surface area (Å²) >= 11 is 3.41. The summed E-state index contributed by atoms with van der Waals surface area (Å²) in [6, 6.07) is 15.4. The largest absolute Gasteiger partial charge is 0.399 e. The fourth-order valence-corrected chi connectivity index (χ4v) is 2.61. The van der Waals surface area contributed by atoms with Crippen LogP contribution in [0, 0.1) is 11.3 Å². The molecule has 0 atom stereocenters. The lowest BCUT2D eigenvalue weighted by Crippen LogP contribution is -2.00. The number of aromatic nitrogens is 2. The van der Waals surface area contributed by atoms with Gasteiger partial charge in [-0.15, -0.1) is 0 Å². The molecule has 0 aliphatic carbocycles. The topological polar surface area (TPSA) is 67.6 Å². The summed E-state index contributed by atoms with van der Waals surface area (Å²) in [5, 5.41) is 9.37. The van der Waals surface area contributed by atoms with Crippen molar-refractivity contribution in [1.29, 1.82) is 5.26 Å². The second-order valence-corrected chi connectivity index (χ2v) is 5.34. The highest BCUT2D eigenvalue weighted by Gasteiger charge is 2.12. The molecular weight excluding hydrogens is 328 g/mol. The van der Waals surface area contributed by atoms with E-state index in [1.807, 2.05) is 53.2 Å². The standard InChI is InChI=1S/C16H11BrN4/c17-14-2-1-3-15(13(14)10-18)21-9-8-20-16(21)11-4-6-12(19)7-5-11/h1-9H,19H2. The van der Waals surface area contributed by atoms with Gasteiger partial charge in [0.25, 0.3) is 0 Å². The van der Waals surface area contributed by atoms with Crippen LogP contribution in [-0.4, -0.2) is 9.55 Å². The van der Waals surface area contributed by atoms with Crippen LogP contribution in [0.25, 0.3) is 17.1 Å². The van der Waals surface area contributed by atoms with E-state index in [2.05, 4.69) is 27.0 Å². The Morgan fingerprint density at radius 1 is 1.14 bits per heavy atom. The van der Waals surface area contributed by atoms with Gasteiger partial charge in [0.05, 0.1) is 11.3 Å². The summed E-state index contributed by atoms with van der Waals surface area (Å²) in [6.07, 6.45) is 3.56. The number of nitrogen functional groups attached to an aromatic ring is 1. The van der Waals surface area contributed by atoms with Crippen molar-refractivity contribution in [3.63, 3.8) is 0 Å². The molecule has 0 aliphatic heterocycles. The second-order valence-electron chi connectivity index (χ2n) is 4.49. The van der Waals surface area contributed by atoms with E-state index in [9.17, 15) is 5.26 Å². The summed E-state index contributed by atoms with van der Waals surface area (Å²) in [4.78, 5) is 4.39. The van der Waals surface area contributed by atoms with Gasteiger partial charge in [-0.05, 0) is 52.3 Å². The highest BCUT2D eigenvalue weighted by molar-refractivity contribution is 9.10. The molecule has 4 nitrogen and oxygen atoms in total. The number of halogens is 1. The highest BCUT2D eigenvalue weighted by Crippen LogP contribution is 2.27. The number of benzene rings is 2. The van der Waals surface area contributed by atoms with Gasteiger partial charge < -0.3 is 5.73 Å². The molecule has 2 aromatic carbocycles. The Bertz CT molecular complexity index is 828. The Morgan fingerprint density at radius 3 is 2.62 bits per heavy atom. The minimum absolute atomic E-state index is 0.576. The van der Waals surface area contributed by atoms with Crippen LogP contribution in [0.4, 0.5) is 5.69 Å². The van der Waals surface area contributed by atoms with Gasteiger partial charge in [-0.1, -0.05) is 6.07 Å². The predicted octanol–water partition coefficient (Wildman–Crippen LogP) is 3.76. The number of hydrogen-bond donors (Lipinski definition) is 1. The van der Waals surface area contributed by atoms with Crippen molar-refractivity contribution >= 4 is 21.6 Å². The van der Waals surface area contributed by atoms with Gasteiger partial charge >= 0.3 is 0 Å². The summed E-state index contributed by atoms with van der Waals surface area (Å²) in [5.74, 6) is 0.768. The van der Waals surface area contributed by atoms with E-state index in [-0.39, 0.29) is 0 Å². The molecule has 0 amide bonds. The average molecular weight is 339 g/mol. The van der Waals surface area contributed by atoms with Crippen molar-refractivity contribution in [3.8, 4) is 23.1 Å². The van der Waals surface area contributed by atoms with Crippen LogP contribution in [0.3, 0.4) is 0 Å². The molecule has 0 unspecified atom stereocenters. The van der Waals surface area contributed by atoms with Crippen LogP contribution < -0.4 is 5.73 Å². The van der Waals surface area contributed by atoms with Crippen LogP contribution >= 0.6 is 15.9 Å². The molecule has 0 bridgehead atoms. The van der Waals surface area contributed by atoms with Crippen molar-refractivity contribution in [3.05, 3.63) is 64.9 Å². The third-order valence-electron chi connectivity index (χ3n) is 3.17. The maximum atomic E-state index is 9.37. The van der Waals surface area contributed by atoms with E-state index >= 15 is 0 Å². The lowest BCUT2D eigenvalue weighted by Gasteiger charge is -2.10. The molecule has 3 aromatic rings. The van der Waals surface area contributed by atoms with E-state index in [4.69, 9.17) is 5.73 Å². The van der Waals surface area contributed by atoms with Crippen LogP contribution in [0.15, 0.2) is 59.3 Å². The predicted molar refractivity (Wildman–Crippen MR) is 85.8 cm³/mol. The molecule has 1 heterocycles. The number of imidazole rings is 1. The summed E-state index contributed by atoms with van der Waals surface area (Å²) < 4.78 is 2.66. The Morgan fingerprint density at radius 2 is 1.90 bits per heavy atom. The molecule has 0 saturated heterocycles. The Hall–Kier alpha value is -2.58. The normalized spacial score (nSPS) is 10.3. The number of nitrogens with zero attached hydrogens (tertiary/aromatic N) is 3. The van der Waals surface area contributed by atoms with Crippen molar-refractivity contribution in [2.45, 2.75) is 0 Å². The molecule has 5 heteroatoms. The molecule has 102 valence electrons. The van der Waals surface area contributed by atoms with E-state index in [1.54, 1.807) is 6.20 Å². The minimum atomic E-state index is 0.576. The number of rotatable bonds is 2. The van der Waals surface area contributed by atoms with Crippen LogP contribution in [0.2, 0.25) is 0 Å². The first kappa shape index (κ1) is 13.4. The fourth-order valence-electron chi connectivity index (χ4n) is 2.17. The third-order valence-corrected chi connectivity index (χ3v) is 3.83. The number of nitriles is 1. The highest BCUT2D eigenvalue weighted by atomic mass is 79.9. The number of anilines is 1. The van der Waals surface area contributed by atoms with Crippen molar-refractivity contribution in [2.75, 3.05) is 5.73 Å². The second kappa shape index (κ2) is 5.43. The van der Waals surface area contributed by atoms with Crippen molar-refractivity contribution < 1.29 is 0 Å². The molecule has 0 radical (unpaired) electrons. The first-order valence-corrected chi connectivity index (χ1v) is 7.08. The van der Waals surface area contributed by atoms with Crippen molar-refractivity contribution in [2.24, 2.45) is 0 Å². The molecule has 21 heavy (non-hydrogen) atoms. The first-order valence-electron chi connectivity index (χ1n) is 6.29.